The van der Waals surface area contributed by atoms with Crippen molar-refractivity contribution in [2.75, 3.05) is 31.1 Å². The van der Waals surface area contributed by atoms with Crippen LogP contribution in [0, 0.1) is 0 Å². The van der Waals surface area contributed by atoms with Crippen molar-refractivity contribution in [1.82, 2.24) is 14.8 Å². The van der Waals surface area contributed by atoms with Crippen LogP contribution in [0.5, 0.6) is 0 Å². The molecule has 1 saturated heterocycles. The highest BCUT2D eigenvalue weighted by Crippen LogP contribution is 2.33. The van der Waals surface area contributed by atoms with E-state index >= 15 is 0 Å². The average Bonchev–Trinajstić information content (AvgIpc) is 3.39. The number of aromatic nitrogens is 1. The van der Waals surface area contributed by atoms with Gasteiger partial charge in [0, 0.05) is 66.3 Å². The fourth-order valence-electron chi connectivity index (χ4n) is 4.70. The third-order valence-corrected chi connectivity index (χ3v) is 7.38. The number of nitrogens with two attached hydrogens (primary N) is 1. The lowest BCUT2D eigenvalue weighted by atomic mass is 10.00. The molecule has 184 valence electrons. The van der Waals surface area contributed by atoms with Crippen LogP contribution in [-0.2, 0) is 6.54 Å². The van der Waals surface area contributed by atoms with Crippen molar-refractivity contribution in [2.24, 2.45) is 5.73 Å². The summed E-state index contributed by atoms with van der Waals surface area (Å²) in [5, 5.41) is 3.16. The van der Waals surface area contributed by atoms with Crippen molar-refractivity contribution in [2.45, 2.75) is 39.3 Å². The molecule has 0 spiro atoms. The van der Waals surface area contributed by atoms with E-state index in [1.807, 2.05) is 72.8 Å². The molecule has 35 heavy (non-hydrogen) atoms. The minimum Gasteiger partial charge on any atom is -0.366 e. The lowest BCUT2D eigenvalue weighted by molar-refractivity contribution is 0.0772. The summed E-state index contributed by atoms with van der Waals surface area (Å²) >= 11 is 1.69. The molecular formula is C27H33N5O2S. The summed E-state index contributed by atoms with van der Waals surface area (Å²) in [5.74, 6) is -0.399. The van der Waals surface area contributed by atoms with E-state index in [0.29, 0.717) is 24.2 Å². The monoisotopic (exact) mass is 491 g/mol. The fourth-order valence-corrected chi connectivity index (χ4v) is 5.35. The predicted molar refractivity (Wildman–Crippen MR) is 141 cm³/mol. The Kier molecular flexibility index (Phi) is 8.15. The Morgan fingerprint density at radius 2 is 1.74 bits per heavy atom. The van der Waals surface area contributed by atoms with Crippen LogP contribution in [0.4, 0.5) is 11.4 Å². The molecule has 1 aromatic heterocycles. The Morgan fingerprint density at radius 1 is 1.03 bits per heavy atom. The van der Waals surface area contributed by atoms with E-state index in [-0.39, 0.29) is 11.9 Å². The van der Waals surface area contributed by atoms with Gasteiger partial charge in [-0.1, -0.05) is 6.07 Å². The van der Waals surface area contributed by atoms with E-state index in [2.05, 4.69) is 14.8 Å². The summed E-state index contributed by atoms with van der Waals surface area (Å²) in [6, 6.07) is 15.6. The first-order valence-corrected chi connectivity index (χ1v) is 13.1. The molecule has 1 aliphatic heterocycles. The van der Waals surface area contributed by atoms with E-state index < -0.39 is 5.91 Å². The molecule has 1 aliphatic rings. The number of hydrogen-bond acceptors (Lipinski definition) is 6. The molecule has 7 nitrogen and oxygen atoms in total. The lowest BCUT2D eigenvalue weighted by Gasteiger charge is -2.40. The van der Waals surface area contributed by atoms with Crippen molar-refractivity contribution < 1.29 is 9.59 Å². The molecule has 2 amide bonds. The quantitative estimate of drug-likeness (QED) is 0.476. The van der Waals surface area contributed by atoms with Crippen molar-refractivity contribution in [3.63, 3.8) is 0 Å². The number of hydrogen-bond donors (Lipinski definition) is 1. The van der Waals surface area contributed by atoms with Gasteiger partial charge in [-0.3, -0.25) is 14.5 Å². The van der Waals surface area contributed by atoms with Crippen LogP contribution in [0.15, 0.2) is 60.1 Å². The van der Waals surface area contributed by atoms with Crippen molar-refractivity contribution in [3.8, 4) is 0 Å². The second kappa shape index (κ2) is 11.5. The number of likely N-dealkylation sites (tertiary alicyclic amines) is 1. The number of carbonyl (C=O) groups excluding carboxylic acids is 2. The molecule has 0 atom stereocenters. The number of nitrogens with zero attached hydrogens (tertiary/aromatic N) is 4. The van der Waals surface area contributed by atoms with Crippen molar-refractivity contribution >= 4 is 34.5 Å². The maximum absolute atomic E-state index is 12.8. The van der Waals surface area contributed by atoms with Crippen molar-refractivity contribution in [3.05, 3.63) is 76.2 Å². The lowest BCUT2D eigenvalue weighted by Crippen LogP contribution is -2.43. The molecule has 2 aromatic carbocycles. The molecule has 0 saturated carbocycles. The molecule has 2 N–H and O–H groups in total. The van der Waals surface area contributed by atoms with Crippen LogP contribution < -0.4 is 10.6 Å². The van der Waals surface area contributed by atoms with Crippen LogP contribution in [-0.4, -0.2) is 58.8 Å². The number of rotatable bonds is 9. The maximum Gasteiger partial charge on any atom is 0.253 e. The van der Waals surface area contributed by atoms with E-state index in [0.717, 1.165) is 48.9 Å². The molecule has 0 aliphatic carbocycles. The number of piperidine rings is 1. The largest absolute Gasteiger partial charge is 0.366 e. The first kappa shape index (κ1) is 24.9. The fraction of sp³-hybridized carbons (Fsp3) is 0.370. The van der Waals surface area contributed by atoms with Gasteiger partial charge < -0.3 is 15.5 Å². The van der Waals surface area contributed by atoms with E-state index in [1.54, 1.807) is 17.4 Å². The SMILES string of the molecule is CCN(CC)C(=O)c1ccc(N(c2cccc(C(N)=O)c2)C2CCN(Cc3nccs3)CC2)cc1. The van der Waals surface area contributed by atoms with Gasteiger partial charge in [0.2, 0.25) is 5.91 Å². The Labute approximate surface area is 211 Å². The molecule has 0 bridgehead atoms. The van der Waals surface area contributed by atoms with E-state index in [4.69, 9.17) is 5.73 Å². The van der Waals surface area contributed by atoms with Crippen LogP contribution >= 0.6 is 11.3 Å². The summed E-state index contributed by atoms with van der Waals surface area (Å²) in [4.78, 5) is 35.6. The van der Waals surface area contributed by atoms with Gasteiger partial charge in [0.15, 0.2) is 0 Å². The smallest absolute Gasteiger partial charge is 0.253 e. The van der Waals surface area contributed by atoms with Crippen LogP contribution in [0.3, 0.4) is 0 Å². The van der Waals surface area contributed by atoms with Crippen LogP contribution in [0.2, 0.25) is 0 Å². The Bertz CT molecular complexity index is 1120. The van der Waals surface area contributed by atoms with Crippen LogP contribution in [0.25, 0.3) is 0 Å². The van der Waals surface area contributed by atoms with Crippen molar-refractivity contribution in [1.29, 1.82) is 0 Å². The molecule has 2 heterocycles. The summed E-state index contributed by atoms with van der Waals surface area (Å²) in [5.41, 5.74) is 8.68. The summed E-state index contributed by atoms with van der Waals surface area (Å²) in [6.07, 6.45) is 3.81. The van der Waals surface area contributed by atoms with Gasteiger partial charge >= 0.3 is 0 Å². The van der Waals surface area contributed by atoms with Gasteiger partial charge in [0.05, 0.1) is 6.54 Å². The third-order valence-electron chi connectivity index (χ3n) is 6.62. The minimum atomic E-state index is -0.440. The van der Waals surface area contributed by atoms with Gasteiger partial charge in [0.25, 0.3) is 5.91 Å². The molecule has 4 rings (SSSR count). The number of primary amides is 1. The van der Waals surface area contributed by atoms with E-state index in [9.17, 15) is 9.59 Å². The molecule has 8 heteroatoms. The molecule has 3 aromatic rings. The summed E-state index contributed by atoms with van der Waals surface area (Å²) in [6.45, 7) is 8.16. The Hall–Kier alpha value is -3.23. The number of amides is 2. The van der Waals surface area contributed by atoms with Gasteiger partial charge in [-0.25, -0.2) is 4.98 Å². The predicted octanol–water partition coefficient (Wildman–Crippen LogP) is 4.53. The second-order valence-corrected chi connectivity index (χ2v) is 9.72. The van der Waals surface area contributed by atoms with E-state index in [1.165, 1.54) is 0 Å². The average molecular weight is 492 g/mol. The zero-order valence-electron chi connectivity index (χ0n) is 20.4. The van der Waals surface area contributed by atoms with Gasteiger partial charge in [0.1, 0.15) is 5.01 Å². The highest BCUT2D eigenvalue weighted by molar-refractivity contribution is 7.09. The third kappa shape index (κ3) is 5.89. The van der Waals surface area contributed by atoms with Gasteiger partial charge in [-0.15, -0.1) is 11.3 Å². The number of carbonyl (C=O) groups is 2. The van der Waals surface area contributed by atoms with Gasteiger partial charge in [-0.05, 0) is 69.2 Å². The zero-order valence-corrected chi connectivity index (χ0v) is 21.2. The summed E-state index contributed by atoms with van der Waals surface area (Å²) < 4.78 is 0. The molecule has 1 fully saturated rings. The first-order valence-electron chi connectivity index (χ1n) is 12.2. The standard InChI is InChI=1S/C27H33N5O2S/c1-3-31(4-2)27(34)20-8-10-22(11-9-20)32(24-7-5-6-21(18-24)26(28)33)23-12-15-30(16-13-23)19-25-29-14-17-35-25/h5-11,14,17-18,23H,3-4,12-13,15-16,19H2,1-2H3,(H2,28,33). The molecule has 0 radical (unpaired) electrons. The van der Waals surface area contributed by atoms with Gasteiger partial charge in [-0.2, -0.15) is 0 Å². The zero-order chi connectivity index (χ0) is 24.8. The topological polar surface area (TPSA) is 82.8 Å². The Morgan fingerprint density at radius 3 is 2.34 bits per heavy atom. The van der Waals surface area contributed by atoms with Crippen LogP contribution in [0.1, 0.15) is 52.4 Å². The number of anilines is 2. The maximum atomic E-state index is 12.8. The molecule has 0 unspecified atom stereocenters. The number of thiazole rings is 1. The minimum absolute atomic E-state index is 0.0410. The first-order chi connectivity index (χ1) is 17.0. The Balaban J connectivity index is 1.58. The normalized spacial score (nSPS) is 14.6. The highest BCUT2D eigenvalue weighted by atomic mass is 32.1. The number of benzene rings is 2. The molecular weight excluding hydrogens is 458 g/mol. The summed E-state index contributed by atoms with van der Waals surface area (Å²) in [7, 11) is 0. The highest BCUT2D eigenvalue weighted by Gasteiger charge is 2.27. The second-order valence-electron chi connectivity index (χ2n) is 8.74.